The number of piperazine rings is 1. The Morgan fingerprint density at radius 1 is 1.16 bits per heavy atom. The quantitative estimate of drug-likeness (QED) is 0.720. The van der Waals surface area contributed by atoms with Crippen LogP contribution < -0.4 is 4.90 Å². The fourth-order valence-corrected chi connectivity index (χ4v) is 2.85. The number of pyridine rings is 1. The number of H-pyrrole nitrogens is 1. The van der Waals surface area contributed by atoms with Crippen LogP contribution in [-0.4, -0.2) is 72.4 Å². The van der Waals surface area contributed by atoms with Crippen LogP contribution in [0.5, 0.6) is 0 Å². The monoisotopic (exact) mass is 359 g/mol. The summed E-state index contributed by atoms with van der Waals surface area (Å²) in [5.74, 6) is 1.20. The number of amides is 1. The van der Waals surface area contributed by atoms with Gasteiger partial charge in [-0.15, -0.1) is 5.10 Å². The van der Waals surface area contributed by atoms with E-state index in [0.717, 1.165) is 5.82 Å². The summed E-state index contributed by atoms with van der Waals surface area (Å²) < 4.78 is 1.38. The number of nitrogens with zero attached hydrogens (tertiary/aromatic N) is 8. The number of hydrogen-bond acceptors (Lipinski definition) is 7. The van der Waals surface area contributed by atoms with Crippen molar-refractivity contribution in [1.29, 1.82) is 0 Å². The molecule has 0 saturated carbocycles. The van der Waals surface area contributed by atoms with Crippen molar-refractivity contribution in [3.63, 3.8) is 0 Å². The van der Waals surface area contributed by atoms with Gasteiger partial charge in [0.25, 0.3) is 5.91 Å². The summed E-state index contributed by atoms with van der Waals surface area (Å²) in [5, 5.41) is 18.3. The summed E-state index contributed by atoms with van der Waals surface area (Å²) in [5.41, 5.74) is 0.436. The van der Waals surface area contributed by atoms with Crippen LogP contribution in [0.4, 0.5) is 5.82 Å². The van der Waals surface area contributed by atoms with Gasteiger partial charge in [-0.25, -0.2) is 4.98 Å². The third kappa shape index (κ3) is 3.03. The Morgan fingerprint density at radius 2 is 2.00 bits per heavy atom. The first-order valence-electron chi connectivity index (χ1n) is 7.65. The Labute approximate surface area is 147 Å². The highest BCUT2D eigenvalue weighted by atomic mass is 35.5. The van der Waals surface area contributed by atoms with Crippen molar-refractivity contribution >= 4 is 23.3 Å². The van der Waals surface area contributed by atoms with E-state index in [1.54, 1.807) is 11.1 Å². The molecule has 128 valence electrons. The Balaban J connectivity index is 1.45. The van der Waals surface area contributed by atoms with Crippen LogP contribution in [0.3, 0.4) is 0 Å². The first-order chi connectivity index (χ1) is 12.2. The molecule has 1 amide bonds. The van der Waals surface area contributed by atoms with Gasteiger partial charge in [-0.05, 0) is 22.6 Å². The number of anilines is 1. The highest BCUT2D eigenvalue weighted by molar-refractivity contribution is 6.30. The van der Waals surface area contributed by atoms with Crippen LogP contribution in [-0.2, 0) is 0 Å². The molecule has 1 fully saturated rings. The lowest BCUT2D eigenvalue weighted by molar-refractivity contribution is 0.0746. The number of carbonyl (C=O) groups excluding carboxylic acids is 1. The zero-order chi connectivity index (χ0) is 17.2. The standard InChI is InChI=1S/C14H14ClN9O/c15-10-1-2-12(16-7-10)22-3-5-23(6-4-22)14(25)11-8-17-19-13(11)24-9-18-20-21-24/h1-2,7-9H,3-6H2,(H,17,19). The Bertz CT molecular complexity index is 853. The zero-order valence-electron chi connectivity index (χ0n) is 13.1. The van der Waals surface area contributed by atoms with Gasteiger partial charge in [0, 0.05) is 32.4 Å². The fraction of sp³-hybridized carbons (Fsp3) is 0.286. The fourth-order valence-electron chi connectivity index (χ4n) is 2.74. The predicted octanol–water partition coefficient (Wildman–Crippen LogP) is 0.396. The maximum Gasteiger partial charge on any atom is 0.259 e. The molecule has 0 radical (unpaired) electrons. The van der Waals surface area contributed by atoms with Crippen molar-refractivity contribution in [3.8, 4) is 5.82 Å². The summed E-state index contributed by atoms with van der Waals surface area (Å²) in [6, 6.07) is 3.69. The maximum absolute atomic E-state index is 12.8. The summed E-state index contributed by atoms with van der Waals surface area (Å²) >= 11 is 5.87. The third-order valence-electron chi connectivity index (χ3n) is 4.03. The topological polar surface area (TPSA) is 109 Å². The number of tetrazole rings is 1. The van der Waals surface area contributed by atoms with Crippen molar-refractivity contribution in [2.75, 3.05) is 31.1 Å². The van der Waals surface area contributed by atoms with E-state index in [4.69, 9.17) is 11.6 Å². The molecule has 1 N–H and O–H groups in total. The molecule has 25 heavy (non-hydrogen) atoms. The van der Waals surface area contributed by atoms with Gasteiger partial charge in [0.05, 0.1) is 11.2 Å². The van der Waals surface area contributed by atoms with Crippen LogP contribution >= 0.6 is 11.6 Å². The average Bonchev–Trinajstić information content (AvgIpc) is 3.33. The molecule has 4 heterocycles. The Kier molecular flexibility index (Phi) is 4.02. The molecule has 0 atom stereocenters. The molecule has 0 spiro atoms. The number of aromatic amines is 1. The summed E-state index contributed by atoms with van der Waals surface area (Å²) in [4.78, 5) is 21.0. The number of nitrogens with one attached hydrogen (secondary N) is 1. The smallest absolute Gasteiger partial charge is 0.259 e. The zero-order valence-corrected chi connectivity index (χ0v) is 13.8. The molecule has 4 rings (SSSR count). The number of halogens is 1. The van der Waals surface area contributed by atoms with Gasteiger partial charge < -0.3 is 9.80 Å². The van der Waals surface area contributed by atoms with Gasteiger partial charge in [0.1, 0.15) is 17.7 Å². The van der Waals surface area contributed by atoms with Crippen LogP contribution in [0.1, 0.15) is 10.4 Å². The summed E-state index contributed by atoms with van der Waals surface area (Å²) in [7, 11) is 0. The average molecular weight is 360 g/mol. The molecular formula is C14H14ClN9O. The van der Waals surface area contributed by atoms with Crippen molar-refractivity contribution < 1.29 is 4.79 Å². The number of rotatable bonds is 3. The van der Waals surface area contributed by atoms with E-state index in [-0.39, 0.29) is 5.91 Å². The third-order valence-corrected chi connectivity index (χ3v) is 4.25. The highest BCUT2D eigenvalue weighted by Crippen LogP contribution is 2.18. The molecule has 1 saturated heterocycles. The van der Waals surface area contributed by atoms with Crippen LogP contribution in [0.2, 0.25) is 5.02 Å². The van der Waals surface area contributed by atoms with Gasteiger partial charge in [0.2, 0.25) is 0 Å². The molecular weight excluding hydrogens is 346 g/mol. The second kappa shape index (κ2) is 6.48. The Morgan fingerprint density at radius 3 is 2.68 bits per heavy atom. The normalized spacial score (nSPS) is 14.8. The molecule has 3 aromatic rings. The largest absolute Gasteiger partial charge is 0.353 e. The van der Waals surface area contributed by atoms with Crippen molar-refractivity contribution in [2.24, 2.45) is 0 Å². The molecule has 1 aliphatic heterocycles. The predicted molar refractivity (Wildman–Crippen MR) is 88.7 cm³/mol. The van der Waals surface area contributed by atoms with Crippen molar-refractivity contribution in [2.45, 2.75) is 0 Å². The van der Waals surface area contributed by atoms with E-state index in [9.17, 15) is 4.79 Å². The lowest BCUT2D eigenvalue weighted by atomic mass is 10.2. The van der Waals surface area contributed by atoms with E-state index in [2.05, 4.69) is 35.6 Å². The molecule has 0 bridgehead atoms. The molecule has 0 unspecified atom stereocenters. The van der Waals surface area contributed by atoms with E-state index in [1.165, 1.54) is 17.2 Å². The molecule has 0 aliphatic carbocycles. The van der Waals surface area contributed by atoms with Crippen LogP contribution in [0.15, 0.2) is 30.9 Å². The van der Waals surface area contributed by atoms with Gasteiger partial charge >= 0.3 is 0 Å². The lowest BCUT2D eigenvalue weighted by Crippen LogP contribution is -2.49. The van der Waals surface area contributed by atoms with Crippen molar-refractivity contribution in [1.82, 2.24) is 40.3 Å². The van der Waals surface area contributed by atoms with E-state index < -0.39 is 0 Å². The summed E-state index contributed by atoms with van der Waals surface area (Å²) in [6.45, 7) is 2.56. The molecule has 3 aromatic heterocycles. The molecule has 0 aromatic carbocycles. The second-order valence-electron chi connectivity index (χ2n) is 5.50. The van der Waals surface area contributed by atoms with E-state index in [0.29, 0.717) is 42.6 Å². The highest BCUT2D eigenvalue weighted by Gasteiger charge is 2.26. The first kappa shape index (κ1) is 15.5. The number of hydrogen-bond donors (Lipinski definition) is 1. The first-order valence-corrected chi connectivity index (χ1v) is 8.02. The maximum atomic E-state index is 12.8. The van der Waals surface area contributed by atoms with Gasteiger partial charge in [-0.2, -0.15) is 9.78 Å². The van der Waals surface area contributed by atoms with E-state index in [1.807, 2.05) is 12.1 Å². The van der Waals surface area contributed by atoms with Gasteiger partial charge in [0.15, 0.2) is 5.82 Å². The lowest BCUT2D eigenvalue weighted by Gasteiger charge is -2.35. The minimum Gasteiger partial charge on any atom is -0.353 e. The molecule has 11 heteroatoms. The molecule has 1 aliphatic rings. The van der Waals surface area contributed by atoms with E-state index >= 15 is 0 Å². The summed E-state index contributed by atoms with van der Waals surface area (Å²) in [6.07, 6.45) is 4.53. The number of carbonyl (C=O) groups is 1. The van der Waals surface area contributed by atoms with Crippen molar-refractivity contribution in [3.05, 3.63) is 41.4 Å². The minimum atomic E-state index is -0.108. The SMILES string of the molecule is O=C(c1cn[nH]c1-n1cnnn1)N1CCN(c2ccc(Cl)cn2)CC1. The van der Waals surface area contributed by atoms with Crippen LogP contribution in [0.25, 0.3) is 5.82 Å². The van der Waals surface area contributed by atoms with Crippen LogP contribution in [0, 0.1) is 0 Å². The number of aromatic nitrogens is 7. The second-order valence-corrected chi connectivity index (χ2v) is 5.94. The molecule has 10 nitrogen and oxygen atoms in total. The minimum absolute atomic E-state index is 0.108. The Hall–Kier alpha value is -3.01. The van der Waals surface area contributed by atoms with Gasteiger partial charge in [-0.1, -0.05) is 11.6 Å². The van der Waals surface area contributed by atoms with Gasteiger partial charge in [-0.3, -0.25) is 9.89 Å².